The van der Waals surface area contributed by atoms with Gasteiger partial charge in [-0.2, -0.15) is 0 Å². The molecule has 4 heterocycles. The van der Waals surface area contributed by atoms with E-state index in [1.807, 2.05) is 11.3 Å². The molecule has 0 radical (unpaired) electrons. The fraction of sp³-hybridized carbons (Fsp3) is 0.0200. The number of hydrogen-bond donors (Lipinski definition) is 1. The summed E-state index contributed by atoms with van der Waals surface area (Å²) < 4.78 is 7.53. The molecule has 0 aliphatic carbocycles. The number of nitrogens with zero attached hydrogens (tertiary/aromatic N) is 3. The maximum atomic E-state index is 5.31. The Balaban J connectivity index is 1.11. The fourth-order valence-corrected chi connectivity index (χ4v) is 10.1. The highest BCUT2D eigenvalue weighted by Gasteiger charge is 2.24. The lowest BCUT2D eigenvalue weighted by Gasteiger charge is -2.26. The van der Waals surface area contributed by atoms with Gasteiger partial charge in [-0.1, -0.05) is 127 Å². The number of hydrogen-bond acceptors (Lipinski definition) is 3. The highest BCUT2D eigenvalue weighted by Crippen LogP contribution is 2.45. The van der Waals surface area contributed by atoms with Crippen LogP contribution in [0.1, 0.15) is 22.9 Å². The zero-order valence-electron chi connectivity index (χ0n) is 29.6. The van der Waals surface area contributed by atoms with E-state index in [-0.39, 0.29) is 6.17 Å². The maximum Gasteiger partial charge on any atom is 0.145 e. The van der Waals surface area contributed by atoms with Crippen molar-refractivity contribution < 1.29 is 0 Å². The Hall–Kier alpha value is -6.95. The third-order valence-corrected chi connectivity index (χ3v) is 12.5. The molecule has 0 saturated carbocycles. The van der Waals surface area contributed by atoms with E-state index in [4.69, 9.17) is 4.99 Å². The van der Waals surface area contributed by atoms with Crippen molar-refractivity contribution in [2.75, 3.05) is 5.32 Å². The molecule has 4 nitrogen and oxygen atoms in total. The van der Waals surface area contributed by atoms with Crippen molar-refractivity contribution in [1.29, 1.82) is 0 Å². The van der Waals surface area contributed by atoms with Crippen LogP contribution in [0, 0.1) is 0 Å². The smallest absolute Gasteiger partial charge is 0.145 e. The molecule has 5 heteroatoms. The Kier molecular flexibility index (Phi) is 6.53. The summed E-state index contributed by atoms with van der Waals surface area (Å²) in [5.74, 6) is 0. The van der Waals surface area contributed by atoms with E-state index in [2.05, 4.69) is 196 Å². The predicted molar refractivity (Wildman–Crippen MR) is 233 cm³/mol. The zero-order valence-corrected chi connectivity index (χ0v) is 30.5. The number of anilines is 1. The number of rotatable bonds is 4. The van der Waals surface area contributed by atoms with Crippen molar-refractivity contribution >= 4 is 86.5 Å². The number of thiophene rings is 1. The summed E-state index contributed by atoms with van der Waals surface area (Å²) in [6.45, 7) is 0. The van der Waals surface area contributed by atoms with Crippen LogP contribution >= 0.6 is 11.3 Å². The molecule has 0 bridgehead atoms. The maximum absolute atomic E-state index is 5.31. The predicted octanol–water partition coefficient (Wildman–Crippen LogP) is 13.2. The molecule has 0 spiro atoms. The lowest BCUT2D eigenvalue weighted by Crippen LogP contribution is -2.20. The highest BCUT2D eigenvalue weighted by atomic mass is 32.1. The Morgan fingerprint density at radius 1 is 0.473 bits per heavy atom. The van der Waals surface area contributed by atoms with Gasteiger partial charge in [0, 0.05) is 65.2 Å². The first-order valence-corrected chi connectivity index (χ1v) is 19.6. The van der Waals surface area contributed by atoms with Crippen LogP contribution in [0.2, 0.25) is 0 Å². The molecular weight excluding hydrogens is 689 g/mol. The summed E-state index contributed by atoms with van der Waals surface area (Å²) in [5.41, 5.74) is 12.6. The van der Waals surface area contributed by atoms with Crippen LogP contribution in [0.5, 0.6) is 0 Å². The van der Waals surface area contributed by atoms with Crippen LogP contribution in [0.25, 0.3) is 75.2 Å². The topological polar surface area (TPSA) is 34.2 Å². The van der Waals surface area contributed by atoms with E-state index >= 15 is 0 Å². The van der Waals surface area contributed by atoms with Gasteiger partial charge >= 0.3 is 0 Å². The van der Waals surface area contributed by atoms with Crippen molar-refractivity contribution in [3.05, 3.63) is 199 Å². The summed E-state index contributed by atoms with van der Waals surface area (Å²) in [4.78, 5) is 5.31. The van der Waals surface area contributed by atoms with Gasteiger partial charge in [-0.15, -0.1) is 11.3 Å². The molecule has 0 amide bonds. The van der Waals surface area contributed by atoms with E-state index in [1.165, 1.54) is 63.8 Å². The number of aliphatic imine (C=N–C) groups is 1. The molecule has 1 atom stereocenters. The van der Waals surface area contributed by atoms with Crippen LogP contribution in [0.4, 0.5) is 5.69 Å². The minimum atomic E-state index is -0.215. The first kappa shape index (κ1) is 30.5. The third-order valence-electron chi connectivity index (χ3n) is 11.3. The van der Waals surface area contributed by atoms with Crippen molar-refractivity contribution in [2.45, 2.75) is 6.17 Å². The molecule has 1 aliphatic heterocycles. The first-order chi connectivity index (χ1) is 27.3. The second-order valence-corrected chi connectivity index (χ2v) is 15.4. The molecule has 0 fully saturated rings. The number of benzene rings is 8. The number of para-hydroxylation sites is 3. The molecule has 3 aromatic heterocycles. The Labute approximate surface area is 320 Å². The molecule has 55 heavy (non-hydrogen) atoms. The van der Waals surface area contributed by atoms with Crippen molar-refractivity contribution in [3.63, 3.8) is 0 Å². The summed E-state index contributed by atoms with van der Waals surface area (Å²) in [6.07, 6.45) is -0.215. The molecular formula is C50H32N4S. The molecule has 1 N–H and O–H groups in total. The summed E-state index contributed by atoms with van der Waals surface area (Å²) >= 11 is 1.89. The van der Waals surface area contributed by atoms with Crippen molar-refractivity contribution in [3.8, 4) is 11.4 Å². The van der Waals surface area contributed by atoms with E-state index in [9.17, 15) is 0 Å². The van der Waals surface area contributed by atoms with Gasteiger partial charge in [0.05, 0.1) is 32.5 Å². The van der Waals surface area contributed by atoms with E-state index < -0.39 is 0 Å². The number of nitrogens with one attached hydrogen (secondary N) is 1. The average molecular weight is 721 g/mol. The lowest BCUT2D eigenvalue weighted by molar-refractivity contribution is 0.827. The summed E-state index contributed by atoms with van der Waals surface area (Å²) in [7, 11) is 0. The summed E-state index contributed by atoms with van der Waals surface area (Å²) in [5, 5.41) is 11.4. The van der Waals surface area contributed by atoms with E-state index in [1.54, 1.807) is 0 Å². The van der Waals surface area contributed by atoms with Crippen LogP contribution in [-0.2, 0) is 0 Å². The normalized spacial score (nSPS) is 14.3. The molecule has 1 unspecified atom stereocenters. The molecule has 11 aromatic rings. The van der Waals surface area contributed by atoms with Crippen LogP contribution in [0.15, 0.2) is 187 Å². The highest BCUT2D eigenvalue weighted by molar-refractivity contribution is 7.26. The minimum Gasteiger partial charge on any atom is -0.360 e. The molecule has 8 aromatic carbocycles. The van der Waals surface area contributed by atoms with Crippen molar-refractivity contribution in [2.24, 2.45) is 4.99 Å². The van der Waals surface area contributed by atoms with Crippen LogP contribution in [0.3, 0.4) is 0 Å². The number of aromatic nitrogens is 2. The third kappa shape index (κ3) is 4.54. The standard InChI is InChI=1S/C50H32N4S/c1-3-13-31(14-4-1)47-39-19-7-10-20-42(39)51-50(52-47)32-23-25-34(26-24-32)54-45-30-44-40(35-17-8-11-21-43(35)53(44)33-15-5-2-6-16-33)29-41(45)37-27-28-38-36-18-9-12-22-46(36)55-49(38)48(37)54/h1-30,50-51H. The second kappa shape index (κ2) is 11.8. The van der Waals surface area contributed by atoms with Gasteiger partial charge in [0.1, 0.15) is 6.17 Å². The fourth-order valence-electron chi connectivity index (χ4n) is 8.85. The second-order valence-electron chi connectivity index (χ2n) is 14.4. The Morgan fingerprint density at radius 2 is 1.13 bits per heavy atom. The van der Waals surface area contributed by atoms with E-state index in [0.717, 1.165) is 39.5 Å². The monoisotopic (exact) mass is 720 g/mol. The van der Waals surface area contributed by atoms with Gasteiger partial charge < -0.3 is 14.5 Å². The summed E-state index contributed by atoms with van der Waals surface area (Å²) in [6, 6.07) is 65.9. The van der Waals surface area contributed by atoms with E-state index in [0.29, 0.717) is 0 Å². The van der Waals surface area contributed by atoms with Crippen LogP contribution in [-0.4, -0.2) is 14.8 Å². The first-order valence-electron chi connectivity index (χ1n) is 18.7. The SMILES string of the molecule is c1ccc(C2=NC(c3ccc(-n4c5cc6c(cc5c5ccc7c8ccccc8sc7c54)c4ccccc4n6-c4ccccc4)cc3)Nc3ccccc32)cc1. The zero-order chi connectivity index (χ0) is 36.0. The molecule has 12 rings (SSSR count). The van der Waals surface area contributed by atoms with Gasteiger partial charge in [-0.25, -0.2) is 0 Å². The Bertz CT molecular complexity index is 3330. The number of fused-ring (bicyclic) bond motifs is 11. The minimum absolute atomic E-state index is 0.215. The molecule has 1 aliphatic rings. The Morgan fingerprint density at radius 3 is 1.98 bits per heavy atom. The van der Waals surface area contributed by atoms with Gasteiger partial charge in [-0.05, 0) is 60.2 Å². The quantitative estimate of drug-likeness (QED) is 0.193. The molecule has 0 saturated heterocycles. The van der Waals surface area contributed by atoms with Gasteiger partial charge in [-0.3, -0.25) is 4.99 Å². The average Bonchev–Trinajstić information content (AvgIpc) is 3.90. The van der Waals surface area contributed by atoms with Crippen LogP contribution < -0.4 is 5.32 Å². The van der Waals surface area contributed by atoms with Gasteiger partial charge in [0.2, 0.25) is 0 Å². The van der Waals surface area contributed by atoms with Crippen molar-refractivity contribution in [1.82, 2.24) is 9.13 Å². The molecule has 258 valence electrons. The largest absolute Gasteiger partial charge is 0.360 e. The van der Waals surface area contributed by atoms with Gasteiger partial charge in [0.25, 0.3) is 0 Å². The van der Waals surface area contributed by atoms with Gasteiger partial charge in [0.15, 0.2) is 0 Å². The lowest BCUT2D eigenvalue weighted by atomic mass is 9.97.